The maximum absolute atomic E-state index is 12.7. The maximum Gasteiger partial charge on any atom is 0.323 e. The largest absolute Gasteiger partial charge is 0.459 e. The topological polar surface area (TPSA) is 78.9 Å². The van der Waals surface area contributed by atoms with E-state index in [2.05, 4.69) is 16.3 Å². The molecule has 0 spiro atoms. The second-order valence-corrected chi connectivity index (χ2v) is 8.22. The normalized spacial score (nSPS) is 23.8. The molecule has 0 aromatic heterocycles. The molecule has 150 valence electrons. The number of rotatable bonds is 8. The van der Waals surface area contributed by atoms with Gasteiger partial charge in [-0.25, -0.2) is 0 Å². The molecule has 1 amide bonds. The van der Waals surface area contributed by atoms with Crippen LogP contribution in [0.1, 0.15) is 60.8 Å². The average molecular weight is 369 g/mol. The lowest BCUT2D eigenvalue weighted by molar-refractivity contribution is -0.160. The zero-order valence-corrected chi connectivity index (χ0v) is 17.1. The SMILES string of the molecule is C/C=C\C1CC(C(=O)OC(C)(C)C)N(CC(CCC)C(O)NC(C)=O)C1. The minimum Gasteiger partial charge on any atom is -0.459 e. The zero-order valence-electron chi connectivity index (χ0n) is 17.1. The highest BCUT2D eigenvalue weighted by Crippen LogP contribution is 2.28. The lowest BCUT2D eigenvalue weighted by Crippen LogP contribution is -2.47. The summed E-state index contributed by atoms with van der Waals surface area (Å²) in [6.45, 7) is 12.3. The van der Waals surface area contributed by atoms with Gasteiger partial charge in [-0.05, 0) is 46.5 Å². The molecule has 1 aliphatic heterocycles. The number of aliphatic hydroxyl groups excluding tert-OH is 1. The van der Waals surface area contributed by atoms with Gasteiger partial charge in [-0.1, -0.05) is 25.5 Å². The molecule has 4 atom stereocenters. The number of nitrogens with one attached hydrogen (secondary N) is 1. The number of carbonyl (C=O) groups excluding carboxylic acids is 2. The number of amides is 1. The average Bonchev–Trinajstić information content (AvgIpc) is 2.87. The fourth-order valence-corrected chi connectivity index (χ4v) is 3.51. The van der Waals surface area contributed by atoms with E-state index >= 15 is 0 Å². The molecule has 0 aromatic carbocycles. The van der Waals surface area contributed by atoms with Crippen LogP contribution in [0.3, 0.4) is 0 Å². The third kappa shape index (κ3) is 7.46. The van der Waals surface area contributed by atoms with Crippen LogP contribution in [0.4, 0.5) is 0 Å². The summed E-state index contributed by atoms with van der Waals surface area (Å²) >= 11 is 0. The second kappa shape index (κ2) is 10.1. The van der Waals surface area contributed by atoms with Crippen LogP contribution < -0.4 is 5.32 Å². The minimum atomic E-state index is -0.910. The number of likely N-dealkylation sites (tertiary alicyclic amines) is 1. The standard InChI is InChI=1S/C20H36N2O4/c1-7-9-15-11-17(19(25)26-20(4,5)6)22(12-15)13-16(10-8-2)18(24)21-14(3)23/h7,9,15-18,24H,8,10-13H2,1-6H3,(H,21,23)/b9-7-. The van der Waals surface area contributed by atoms with Crippen molar-refractivity contribution in [3.8, 4) is 0 Å². The van der Waals surface area contributed by atoms with Gasteiger partial charge in [0.2, 0.25) is 5.91 Å². The lowest BCUT2D eigenvalue weighted by Gasteiger charge is -2.32. The number of hydrogen-bond donors (Lipinski definition) is 2. The van der Waals surface area contributed by atoms with Crippen molar-refractivity contribution in [1.82, 2.24) is 10.2 Å². The van der Waals surface area contributed by atoms with E-state index in [-0.39, 0.29) is 29.8 Å². The molecule has 26 heavy (non-hydrogen) atoms. The summed E-state index contributed by atoms with van der Waals surface area (Å²) in [5.41, 5.74) is -0.528. The molecule has 1 fully saturated rings. The van der Waals surface area contributed by atoms with Crippen molar-refractivity contribution in [3.63, 3.8) is 0 Å². The Morgan fingerprint density at radius 1 is 1.38 bits per heavy atom. The van der Waals surface area contributed by atoms with Gasteiger partial charge < -0.3 is 15.2 Å². The van der Waals surface area contributed by atoms with Crippen molar-refractivity contribution in [2.24, 2.45) is 11.8 Å². The fourth-order valence-electron chi connectivity index (χ4n) is 3.51. The van der Waals surface area contributed by atoms with Crippen molar-refractivity contribution in [3.05, 3.63) is 12.2 Å². The lowest BCUT2D eigenvalue weighted by atomic mass is 10.00. The van der Waals surface area contributed by atoms with Gasteiger partial charge in [0.05, 0.1) is 0 Å². The van der Waals surface area contributed by atoms with Crippen LogP contribution in [0.25, 0.3) is 0 Å². The van der Waals surface area contributed by atoms with E-state index in [9.17, 15) is 14.7 Å². The number of hydrogen-bond acceptors (Lipinski definition) is 5. The molecule has 2 N–H and O–H groups in total. The van der Waals surface area contributed by atoms with Crippen LogP contribution in [0.5, 0.6) is 0 Å². The molecule has 6 nitrogen and oxygen atoms in total. The van der Waals surface area contributed by atoms with Gasteiger partial charge in [-0.3, -0.25) is 14.5 Å². The van der Waals surface area contributed by atoms with Crippen molar-refractivity contribution >= 4 is 11.9 Å². The molecule has 0 aliphatic carbocycles. The van der Waals surface area contributed by atoms with Gasteiger partial charge in [0.25, 0.3) is 0 Å². The number of ether oxygens (including phenoxy) is 1. The number of carbonyl (C=O) groups is 2. The van der Waals surface area contributed by atoms with Crippen LogP contribution in [-0.4, -0.2) is 52.8 Å². The van der Waals surface area contributed by atoms with E-state index in [4.69, 9.17) is 4.74 Å². The summed E-state index contributed by atoms with van der Waals surface area (Å²) in [7, 11) is 0. The van der Waals surface area contributed by atoms with Crippen LogP contribution in [0.15, 0.2) is 12.2 Å². The number of allylic oxidation sites excluding steroid dienone is 1. The zero-order chi connectivity index (χ0) is 19.9. The Balaban J connectivity index is 2.90. The van der Waals surface area contributed by atoms with Gasteiger partial charge in [-0.15, -0.1) is 0 Å². The monoisotopic (exact) mass is 368 g/mol. The molecule has 0 aromatic rings. The molecular formula is C20H36N2O4. The van der Waals surface area contributed by atoms with Gasteiger partial charge in [0.1, 0.15) is 17.9 Å². The van der Waals surface area contributed by atoms with Gasteiger partial charge >= 0.3 is 5.97 Å². The molecule has 1 saturated heterocycles. The summed E-state index contributed by atoms with van der Waals surface area (Å²) in [6.07, 6.45) is 5.60. The Morgan fingerprint density at radius 2 is 2.04 bits per heavy atom. The highest BCUT2D eigenvalue weighted by atomic mass is 16.6. The summed E-state index contributed by atoms with van der Waals surface area (Å²) in [4.78, 5) is 26.1. The molecule has 0 radical (unpaired) electrons. The molecule has 4 unspecified atom stereocenters. The first kappa shape index (κ1) is 22.6. The van der Waals surface area contributed by atoms with E-state index in [0.717, 1.165) is 19.4 Å². The maximum atomic E-state index is 12.7. The van der Waals surface area contributed by atoms with Gasteiger partial charge in [0, 0.05) is 25.9 Å². The number of aliphatic hydroxyl groups is 1. The molecule has 1 aliphatic rings. The molecule has 1 heterocycles. The van der Waals surface area contributed by atoms with Crippen LogP contribution in [-0.2, 0) is 14.3 Å². The van der Waals surface area contributed by atoms with Crippen molar-refractivity contribution in [2.45, 2.75) is 78.7 Å². The summed E-state index contributed by atoms with van der Waals surface area (Å²) in [6, 6.07) is -0.320. The van der Waals surface area contributed by atoms with Crippen molar-refractivity contribution in [2.75, 3.05) is 13.1 Å². The Morgan fingerprint density at radius 3 is 2.54 bits per heavy atom. The highest BCUT2D eigenvalue weighted by Gasteiger charge is 2.39. The summed E-state index contributed by atoms with van der Waals surface area (Å²) in [5, 5.41) is 12.9. The van der Waals surface area contributed by atoms with Crippen LogP contribution in [0, 0.1) is 11.8 Å². The minimum absolute atomic E-state index is 0.127. The summed E-state index contributed by atoms with van der Waals surface area (Å²) < 4.78 is 5.61. The third-order valence-electron chi connectivity index (χ3n) is 4.51. The van der Waals surface area contributed by atoms with E-state index in [1.165, 1.54) is 6.92 Å². The number of nitrogens with zero attached hydrogens (tertiary/aromatic N) is 1. The smallest absolute Gasteiger partial charge is 0.323 e. The molecular weight excluding hydrogens is 332 g/mol. The van der Waals surface area contributed by atoms with E-state index in [0.29, 0.717) is 13.0 Å². The Kier molecular flexibility index (Phi) is 8.77. The molecule has 6 heteroatoms. The van der Waals surface area contributed by atoms with Crippen LogP contribution >= 0.6 is 0 Å². The number of esters is 1. The van der Waals surface area contributed by atoms with Gasteiger partial charge in [-0.2, -0.15) is 0 Å². The van der Waals surface area contributed by atoms with E-state index < -0.39 is 11.8 Å². The first-order chi connectivity index (χ1) is 12.1. The first-order valence-corrected chi connectivity index (χ1v) is 9.62. The molecule has 0 saturated carbocycles. The van der Waals surface area contributed by atoms with Crippen molar-refractivity contribution < 1.29 is 19.4 Å². The first-order valence-electron chi connectivity index (χ1n) is 9.62. The predicted molar refractivity (Wildman–Crippen MR) is 102 cm³/mol. The quantitative estimate of drug-likeness (QED) is 0.391. The Hall–Kier alpha value is -1.40. The van der Waals surface area contributed by atoms with Crippen LogP contribution in [0.2, 0.25) is 0 Å². The van der Waals surface area contributed by atoms with E-state index in [1.54, 1.807) is 0 Å². The van der Waals surface area contributed by atoms with Crippen molar-refractivity contribution in [1.29, 1.82) is 0 Å². The Bertz CT molecular complexity index is 499. The van der Waals surface area contributed by atoms with Gasteiger partial charge in [0.15, 0.2) is 0 Å². The third-order valence-corrected chi connectivity index (χ3v) is 4.51. The summed E-state index contributed by atoms with van der Waals surface area (Å²) in [5.74, 6) is -0.305. The Labute approximate surface area is 158 Å². The predicted octanol–water partition coefficient (Wildman–Crippen LogP) is 2.47. The second-order valence-electron chi connectivity index (χ2n) is 8.22. The van der Waals surface area contributed by atoms with E-state index in [1.807, 2.05) is 40.7 Å². The fraction of sp³-hybridized carbons (Fsp3) is 0.800. The molecule has 1 rings (SSSR count). The highest BCUT2D eigenvalue weighted by molar-refractivity contribution is 5.76. The molecule has 0 bridgehead atoms.